The molecule has 0 aromatic heterocycles. The Kier molecular flexibility index (Phi) is 7.41. The van der Waals surface area contributed by atoms with Crippen LogP contribution in [0.15, 0.2) is 59.1 Å². The Bertz CT molecular complexity index is 787. The SMILES string of the molecule is CCOc1ccccc1/C=C\C(=O)NC(C(=O)OC)c1ccc(Br)cc1. The molecule has 0 saturated heterocycles. The minimum Gasteiger partial charge on any atom is -0.493 e. The van der Waals surface area contributed by atoms with E-state index in [0.29, 0.717) is 17.9 Å². The largest absolute Gasteiger partial charge is 0.493 e. The molecule has 2 rings (SSSR count). The summed E-state index contributed by atoms with van der Waals surface area (Å²) in [7, 11) is 1.29. The van der Waals surface area contributed by atoms with E-state index in [1.807, 2.05) is 31.2 Å². The Labute approximate surface area is 161 Å². The summed E-state index contributed by atoms with van der Waals surface area (Å²) in [5, 5.41) is 2.67. The molecule has 2 aromatic rings. The summed E-state index contributed by atoms with van der Waals surface area (Å²) in [5.41, 5.74) is 1.42. The molecule has 5 nitrogen and oxygen atoms in total. The summed E-state index contributed by atoms with van der Waals surface area (Å²) in [6, 6.07) is 13.6. The zero-order valence-electron chi connectivity index (χ0n) is 14.6. The van der Waals surface area contributed by atoms with Crippen molar-refractivity contribution in [2.45, 2.75) is 13.0 Å². The van der Waals surface area contributed by atoms with E-state index in [1.54, 1.807) is 30.3 Å². The number of methoxy groups -OCH3 is 1. The highest BCUT2D eigenvalue weighted by molar-refractivity contribution is 9.10. The van der Waals surface area contributed by atoms with Gasteiger partial charge in [-0.1, -0.05) is 46.3 Å². The molecule has 2 aromatic carbocycles. The van der Waals surface area contributed by atoms with Crippen molar-refractivity contribution >= 4 is 33.9 Å². The summed E-state index contributed by atoms with van der Waals surface area (Å²) < 4.78 is 11.2. The van der Waals surface area contributed by atoms with Crippen molar-refractivity contribution in [3.63, 3.8) is 0 Å². The van der Waals surface area contributed by atoms with Crippen LogP contribution in [0.25, 0.3) is 6.08 Å². The van der Waals surface area contributed by atoms with Crippen LogP contribution in [0.1, 0.15) is 24.1 Å². The van der Waals surface area contributed by atoms with Gasteiger partial charge in [0.1, 0.15) is 5.75 Å². The van der Waals surface area contributed by atoms with Crippen molar-refractivity contribution in [2.75, 3.05) is 13.7 Å². The molecule has 0 bridgehead atoms. The molecular weight excluding hydrogens is 398 g/mol. The predicted octanol–water partition coefficient (Wildman–Crippen LogP) is 3.89. The molecule has 1 atom stereocenters. The van der Waals surface area contributed by atoms with Crippen molar-refractivity contribution in [3.05, 3.63) is 70.2 Å². The van der Waals surface area contributed by atoms with E-state index >= 15 is 0 Å². The minimum absolute atomic E-state index is 0.408. The first-order valence-corrected chi connectivity index (χ1v) is 8.88. The predicted molar refractivity (Wildman–Crippen MR) is 104 cm³/mol. The van der Waals surface area contributed by atoms with Crippen LogP contribution in [-0.2, 0) is 14.3 Å². The zero-order valence-corrected chi connectivity index (χ0v) is 16.2. The lowest BCUT2D eigenvalue weighted by molar-refractivity contribution is -0.144. The third kappa shape index (κ3) is 5.46. The minimum atomic E-state index is -0.882. The summed E-state index contributed by atoms with van der Waals surface area (Å²) in [4.78, 5) is 24.4. The number of hydrogen-bond acceptors (Lipinski definition) is 4. The van der Waals surface area contributed by atoms with Gasteiger partial charge in [0.15, 0.2) is 6.04 Å². The highest BCUT2D eigenvalue weighted by atomic mass is 79.9. The second-order valence-electron chi connectivity index (χ2n) is 5.32. The van der Waals surface area contributed by atoms with Gasteiger partial charge in [0.05, 0.1) is 13.7 Å². The van der Waals surface area contributed by atoms with E-state index in [9.17, 15) is 9.59 Å². The van der Waals surface area contributed by atoms with Crippen molar-refractivity contribution in [1.82, 2.24) is 5.32 Å². The molecule has 6 heteroatoms. The number of rotatable bonds is 7. The molecule has 0 radical (unpaired) electrons. The number of benzene rings is 2. The lowest BCUT2D eigenvalue weighted by Gasteiger charge is -2.16. The van der Waals surface area contributed by atoms with Crippen LogP contribution in [0.4, 0.5) is 0 Å². The summed E-state index contributed by atoms with van der Waals surface area (Å²) >= 11 is 3.34. The quantitative estimate of drug-likeness (QED) is 0.548. The van der Waals surface area contributed by atoms with E-state index < -0.39 is 17.9 Å². The fourth-order valence-corrected chi connectivity index (χ4v) is 2.58. The zero-order chi connectivity index (χ0) is 18.9. The Balaban J connectivity index is 2.15. The summed E-state index contributed by atoms with van der Waals surface area (Å²) in [6.45, 7) is 2.43. The topological polar surface area (TPSA) is 64.6 Å². The molecule has 0 aliphatic heterocycles. The number of halogens is 1. The molecule has 1 unspecified atom stereocenters. The van der Waals surface area contributed by atoms with Gasteiger partial charge in [-0.15, -0.1) is 0 Å². The van der Waals surface area contributed by atoms with Gasteiger partial charge in [0, 0.05) is 16.1 Å². The van der Waals surface area contributed by atoms with Crippen molar-refractivity contribution in [1.29, 1.82) is 0 Å². The van der Waals surface area contributed by atoms with Gasteiger partial charge in [-0.05, 0) is 36.8 Å². The van der Waals surface area contributed by atoms with Crippen molar-refractivity contribution in [2.24, 2.45) is 0 Å². The number of hydrogen-bond donors (Lipinski definition) is 1. The van der Waals surface area contributed by atoms with Crippen LogP contribution >= 0.6 is 15.9 Å². The molecule has 136 valence electrons. The Morgan fingerprint density at radius 1 is 1.15 bits per heavy atom. The summed E-state index contributed by atoms with van der Waals surface area (Å²) in [6.07, 6.45) is 3.02. The van der Waals surface area contributed by atoms with Gasteiger partial charge in [-0.2, -0.15) is 0 Å². The maximum atomic E-state index is 12.3. The van der Waals surface area contributed by atoms with Crippen LogP contribution < -0.4 is 10.1 Å². The van der Waals surface area contributed by atoms with Gasteiger partial charge in [-0.25, -0.2) is 4.79 Å². The molecule has 0 aliphatic rings. The summed E-state index contributed by atoms with van der Waals surface area (Å²) in [5.74, 6) is -0.255. The fourth-order valence-electron chi connectivity index (χ4n) is 2.31. The number of esters is 1. The van der Waals surface area contributed by atoms with E-state index in [1.165, 1.54) is 13.2 Å². The maximum absolute atomic E-state index is 12.3. The monoisotopic (exact) mass is 417 g/mol. The molecule has 1 amide bonds. The third-order valence-electron chi connectivity index (χ3n) is 3.56. The number of carbonyl (C=O) groups is 2. The van der Waals surface area contributed by atoms with Crippen LogP contribution in [0.5, 0.6) is 5.75 Å². The smallest absolute Gasteiger partial charge is 0.333 e. The van der Waals surface area contributed by atoms with Gasteiger partial charge >= 0.3 is 5.97 Å². The van der Waals surface area contributed by atoms with Crippen LogP contribution in [0.3, 0.4) is 0 Å². The van der Waals surface area contributed by atoms with Crippen molar-refractivity contribution in [3.8, 4) is 5.75 Å². The Morgan fingerprint density at radius 3 is 2.50 bits per heavy atom. The Morgan fingerprint density at radius 2 is 1.85 bits per heavy atom. The number of para-hydroxylation sites is 1. The number of nitrogens with one attached hydrogen (secondary N) is 1. The molecule has 0 saturated carbocycles. The van der Waals surface area contributed by atoms with Crippen LogP contribution in [-0.4, -0.2) is 25.6 Å². The number of ether oxygens (including phenoxy) is 2. The first-order valence-electron chi connectivity index (χ1n) is 8.08. The van der Waals surface area contributed by atoms with Crippen molar-refractivity contribution < 1.29 is 19.1 Å². The second kappa shape index (κ2) is 9.77. The first-order chi connectivity index (χ1) is 12.5. The highest BCUT2D eigenvalue weighted by Crippen LogP contribution is 2.20. The van der Waals surface area contributed by atoms with Gasteiger partial charge in [0.2, 0.25) is 5.91 Å². The molecule has 26 heavy (non-hydrogen) atoms. The van der Waals surface area contributed by atoms with Crippen LogP contribution in [0, 0.1) is 0 Å². The van der Waals surface area contributed by atoms with E-state index in [0.717, 1.165) is 10.0 Å². The van der Waals surface area contributed by atoms with E-state index in [2.05, 4.69) is 21.2 Å². The number of amides is 1. The molecule has 0 spiro atoms. The normalized spacial score (nSPS) is 11.8. The van der Waals surface area contributed by atoms with Gasteiger partial charge < -0.3 is 14.8 Å². The molecular formula is C20H20BrNO4. The highest BCUT2D eigenvalue weighted by Gasteiger charge is 2.22. The van der Waals surface area contributed by atoms with Crippen LogP contribution in [0.2, 0.25) is 0 Å². The van der Waals surface area contributed by atoms with Gasteiger partial charge in [0.25, 0.3) is 0 Å². The lowest BCUT2D eigenvalue weighted by Crippen LogP contribution is -2.33. The standard InChI is InChI=1S/C20H20BrNO4/c1-3-26-17-7-5-4-6-14(17)10-13-18(23)22-19(20(24)25-2)15-8-11-16(21)12-9-15/h4-13,19H,3H2,1-2H3,(H,22,23)/b13-10-. The molecule has 0 heterocycles. The number of carbonyl (C=O) groups excluding carboxylic acids is 2. The molecule has 0 fully saturated rings. The van der Waals surface area contributed by atoms with E-state index in [4.69, 9.17) is 9.47 Å². The first kappa shape index (κ1) is 19.7. The Hall–Kier alpha value is -2.60. The second-order valence-corrected chi connectivity index (χ2v) is 6.24. The lowest BCUT2D eigenvalue weighted by atomic mass is 10.1. The molecule has 1 N–H and O–H groups in total. The maximum Gasteiger partial charge on any atom is 0.333 e. The molecule has 0 aliphatic carbocycles. The third-order valence-corrected chi connectivity index (χ3v) is 4.09. The fraction of sp³-hybridized carbons (Fsp3) is 0.200. The average molecular weight is 418 g/mol. The average Bonchev–Trinajstić information content (AvgIpc) is 2.66. The van der Waals surface area contributed by atoms with Gasteiger partial charge in [-0.3, -0.25) is 4.79 Å². The van der Waals surface area contributed by atoms with E-state index in [-0.39, 0.29) is 0 Å².